The number of benzene rings is 1. The lowest BCUT2D eigenvalue weighted by molar-refractivity contribution is 0.0934. The summed E-state index contributed by atoms with van der Waals surface area (Å²) in [4.78, 5) is 17.6. The summed E-state index contributed by atoms with van der Waals surface area (Å²) in [5, 5.41) is 12.9. The summed E-state index contributed by atoms with van der Waals surface area (Å²) in [6, 6.07) is 9.69. The molecule has 1 aromatic carbocycles. The molecule has 3 heterocycles. The molecule has 1 N–H and O–H groups in total. The van der Waals surface area contributed by atoms with Gasteiger partial charge in [-0.2, -0.15) is 10.2 Å². The Morgan fingerprint density at radius 2 is 2.10 bits per heavy atom. The highest BCUT2D eigenvalue weighted by Gasteiger charge is 2.27. The molecule has 0 bridgehead atoms. The van der Waals surface area contributed by atoms with E-state index in [9.17, 15) is 4.79 Å². The molecule has 0 aliphatic heterocycles. The van der Waals surface area contributed by atoms with Gasteiger partial charge in [0.2, 0.25) is 0 Å². The minimum Gasteiger partial charge on any atom is -0.345 e. The van der Waals surface area contributed by atoms with Crippen molar-refractivity contribution in [2.24, 2.45) is 0 Å². The van der Waals surface area contributed by atoms with Gasteiger partial charge in [-0.15, -0.1) is 0 Å². The van der Waals surface area contributed by atoms with E-state index in [1.165, 1.54) is 5.69 Å². The fourth-order valence-corrected chi connectivity index (χ4v) is 4.59. The fourth-order valence-electron chi connectivity index (χ4n) is 4.38. The number of carbonyl (C=O) groups is 1. The van der Waals surface area contributed by atoms with Gasteiger partial charge in [0.25, 0.3) is 5.91 Å². The van der Waals surface area contributed by atoms with Crippen molar-refractivity contribution in [3.05, 3.63) is 81.5 Å². The second kappa shape index (κ2) is 7.81. The van der Waals surface area contributed by atoms with Crippen molar-refractivity contribution in [3.8, 4) is 0 Å². The monoisotopic (exact) mass is 434 g/mol. The molecule has 8 heteroatoms. The number of nitrogens with zero attached hydrogens (tertiary/aromatic N) is 5. The van der Waals surface area contributed by atoms with Crippen LogP contribution in [0, 0.1) is 13.8 Å². The predicted molar refractivity (Wildman–Crippen MR) is 118 cm³/mol. The van der Waals surface area contributed by atoms with Gasteiger partial charge >= 0.3 is 0 Å². The van der Waals surface area contributed by atoms with Gasteiger partial charge in [0, 0.05) is 27.7 Å². The van der Waals surface area contributed by atoms with Gasteiger partial charge < -0.3 is 5.32 Å². The van der Waals surface area contributed by atoms with Crippen LogP contribution >= 0.6 is 11.6 Å². The Labute approximate surface area is 185 Å². The molecule has 1 aliphatic rings. The molecule has 158 valence electrons. The summed E-state index contributed by atoms with van der Waals surface area (Å²) in [5.74, 6) is -0.159. The van der Waals surface area contributed by atoms with E-state index in [2.05, 4.69) is 20.5 Å². The van der Waals surface area contributed by atoms with Crippen molar-refractivity contribution < 1.29 is 4.79 Å². The first-order valence-corrected chi connectivity index (χ1v) is 10.8. The topological polar surface area (TPSA) is 77.1 Å². The van der Waals surface area contributed by atoms with Crippen molar-refractivity contribution in [1.29, 1.82) is 0 Å². The molecule has 1 unspecified atom stereocenters. The molecule has 0 fully saturated rings. The van der Waals surface area contributed by atoms with Crippen LogP contribution in [-0.4, -0.2) is 30.3 Å². The summed E-state index contributed by atoms with van der Waals surface area (Å²) in [5.41, 5.74) is 6.24. The molecule has 1 aliphatic carbocycles. The minimum absolute atomic E-state index is 0.0785. The van der Waals surface area contributed by atoms with Crippen LogP contribution in [0.2, 0.25) is 5.02 Å². The quantitative estimate of drug-likeness (QED) is 0.525. The highest BCUT2D eigenvalue weighted by atomic mass is 35.5. The van der Waals surface area contributed by atoms with Crippen LogP contribution in [0.25, 0.3) is 5.65 Å². The van der Waals surface area contributed by atoms with Gasteiger partial charge in [-0.3, -0.25) is 9.48 Å². The molecule has 0 saturated heterocycles. The first kappa shape index (κ1) is 19.8. The van der Waals surface area contributed by atoms with Gasteiger partial charge in [-0.1, -0.05) is 23.7 Å². The molecule has 7 nitrogen and oxygen atoms in total. The van der Waals surface area contributed by atoms with E-state index in [0.29, 0.717) is 17.8 Å². The molecular formula is C23H23ClN6O. The molecule has 1 amide bonds. The lowest BCUT2D eigenvalue weighted by atomic mass is 9.92. The second-order valence-corrected chi connectivity index (χ2v) is 8.52. The molecule has 0 spiro atoms. The van der Waals surface area contributed by atoms with E-state index in [4.69, 9.17) is 11.6 Å². The number of hydrogen-bond acceptors (Lipinski definition) is 4. The Morgan fingerprint density at radius 1 is 1.23 bits per heavy atom. The number of hydrogen-bond donors (Lipinski definition) is 1. The Bertz CT molecular complexity index is 1290. The van der Waals surface area contributed by atoms with E-state index in [0.717, 1.165) is 46.8 Å². The van der Waals surface area contributed by atoms with Crippen LogP contribution in [-0.2, 0) is 13.0 Å². The highest BCUT2D eigenvalue weighted by molar-refractivity contribution is 6.30. The summed E-state index contributed by atoms with van der Waals surface area (Å²) in [7, 11) is 0. The van der Waals surface area contributed by atoms with Crippen LogP contribution in [0.3, 0.4) is 0 Å². The number of fused-ring (bicyclic) bond motifs is 2. The van der Waals surface area contributed by atoms with Crippen molar-refractivity contribution in [2.75, 3.05) is 0 Å². The van der Waals surface area contributed by atoms with Crippen LogP contribution in [0.1, 0.15) is 57.5 Å². The maximum atomic E-state index is 13.1. The molecular weight excluding hydrogens is 412 g/mol. The summed E-state index contributed by atoms with van der Waals surface area (Å²) in [6.07, 6.45) is 6.29. The zero-order valence-corrected chi connectivity index (χ0v) is 18.2. The number of rotatable bonds is 4. The normalized spacial score (nSPS) is 15.8. The van der Waals surface area contributed by atoms with Gasteiger partial charge in [0.1, 0.15) is 5.56 Å². The van der Waals surface area contributed by atoms with Crippen LogP contribution < -0.4 is 5.32 Å². The molecule has 31 heavy (non-hydrogen) atoms. The number of halogens is 1. The number of aryl methyl sites for hydroxylation is 2. The van der Waals surface area contributed by atoms with Crippen LogP contribution in [0.15, 0.2) is 42.7 Å². The molecule has 5 rings (SSSR count). The first-order chi connectivity index (χ1) is 15.0. The number of amides is 1. The van der Waals surface area contributed by atoms with Gasteiger partial charge in [-0.25, -0.2) is 9.50 Å². The van der Waals surface area contributed by atoms with E-state index < -0.39 is 0 Å². The molecule has 0 saturated carbocycles. The maximum Gasteiger partial charge on any atom is 0.257 e. The van der Waals surface area contributed by atoms with Crippen molar-refractivity contribution in [1.82, 2.24) is 29.7 Å². The minimum atomic E-state index is -0.159. The lowest BCUT2D eigenvalue weighted by Crippen LogP contribution is -2.31. The molecule has 0 radical (unpaired) electrons. The van der Waals surface area contributed by atoms with Crippen LogP contribution in [0.4, 0.5) is 0 Å². The molecule has 4 aromatic rings. The van der Waals surface area contributed by atoms with Crippen molar-refractivity contribution in [3.63, 3.8) is 0 Å². The van der Waals surface area contributed by atoms with Crippen molar-refractivity contribution in [2.45, 2.75) is 45.7 Å². The second-order valence-electron chi connectivity index (χ2n) is 8.09. The Hall–Kier alpha value is -3.19. The highest BCUT2D eigenvalue weighted by Crippen LogP contribution is 2.30. The lowest BCUT2D eigenvalue weighted by Gasteiger charge is -2.24. The standard InChI is InChI=1S/C23H23ClN6O/c1-14-9-15(2)30-22(27-14)19(12-26-30)23(31)28-20-7-4-8-21-18(20)11-25-29(21)13-16-5-3-6-17(24)10-16/h3,5-6,9-12,20H,4,7-8,13H2,1-2H3,(H,28,31). The molecule has 1 atom stereocenters. The van der Waals surface area contributed by atoms with E-state index >= 15 is 0 Å². The van der Waals surface area contributed by atoms with E-state index in [1.807, 2.05) is 55.1 Å². The SMILES string of the molecule is Cc1cc(C)n2ncc(C(=O)NC3CCCc4c3cnn4Cc3cccc(Cl)c3)c2n1. The van der Waals surface area contributed by atoms with Gasteiger partial charge in [0.05, 0.1) is 25.0 Å². The average Bonchev–Trinajstić information content (AvgIpc) is 3.33. The average molecular weight is 435 g/mol. The first-order valence-electron chi connectivity index (χ1n) is 10.4. The maximum absolute atomic E-state index is 13.1. The van der Waals surface area contributed by atoms with Gasteiger partial charge in [-0.05, 0) is 56.9 Å². The predicted octanol–water partition coefficient (Wildman–Crippen LogP) is 4.05. The molecule has 3 aromatic heterocycles. The van der Waals surface area contributed by atoms with E-state index in [1.54, 1.807) is 10.7 Å². The summed E-state index contributed by atoms with van der Waals surface area (Å²) >= 11 is 6.13. The summed E-state index contributed by atoms with van der Waals surface area (Å²) in [6.45, 7) is 4.54. The largest absolute Gasteiger partial charge is 0.345 e. The zero-order chi connectivity index (χ0) is 21.5. The van der Waals surface area contributed by atoms with Gasteiger partial charge in [0.15, 0.2) is 5.65 Å². The summed E-state index contributed by atoms with van der Waals surface area (Å²) < 4.78 is 3.72. The van der Waals surface area contributed by atoms with E-state index in [-0.39, 0.29) is 11.9 Å². The zero-order valence-electron chi connectivity index (χ0n) is 17.5. The number of carbonyl (C=O) groups excluding carboxylic acids is 1. The third-order valence-corrected chi connectivity index (χ3v) is 6.05. The Kier molecular flexibility index (Phi) is 4.98. The van der Waals surface area contributed by atoms with Crippen LogP contribution in [0.5, 0.6) is 0 Å². The third-order valence-electron chi connectivity index (χ3n) is 5.81. The number of aromatic nitrogens is 5. The third kappa shape index (κ3) is 3.70. The smallest absolute Gasteiger partial charge is 0.257 e. The Balaban J connectivity index is 1.40. The fraction of sp³-hybridized carbons (Fsp3) is 0.304. The van der Waals surface area contributed by atoms with Crippen molar-refractivity contribution >= 4 is 23.2 Å². The number of nitrogens with one attached hydrogen (secondary N) is 1. The Morgan fingerprint density at radius 3 is 2.94 bits per heavy atom.